The molecule has 1 fully saturated rings. The van der Waals surface area contributed by atoms with Gasteiger partial charge in [0.2, 0.25) is 0 Å². The zero-order chi connectivity index (χ0) is 19.7. The molecule has 0 bridgehead atoms. The molecule has 0 radical (unpaired) electrons. The molecule has 148 valence electrons. The highest BCUT2D eigenvalue weighted by atomic mass is 16.5. The number of phenols is 1. The molecule has 2 aliphatic carbocycles. The fourth-order valence-corrected chi connectivity index (χ4v) is 4.47. The number of nitrogens with one attached hydrogen (secondary N) is 1. The van der Waals surface area contributed by atoms with Gasteiger partial charge in [0.05, 0.1) is 5.56 Å². The van der Waals surface area contributed by atoms with Gasteiger partial charge in [0.25, 0.3) is 5.91 Å². The van der Waals surface area contributed by atoms with Gasteiger partial charge < -0.3 is 20.9 Å². The van der Waals surface area contributed by atoms with Crippen LogP contribution in [0.15, 0.2) is 24.3 Å². The number of nitrogens with two attached hydrogens (primary N) is 1. The number of fused-ring (bicyclic) bond motifs is 1. The van der Waals surface area contributed by atoms with Crippen molar-refractivity contribution in [1.82, 2.24) is 5.32 Å². The third-order valence-corrected chi connectivity index (χ3v) is 5.94. The first kappa shape index (κ1) is 18.7. The summed E-state index contributed by atoms with van der Waals surface area (Å²) in [7, 11) is 0. The highest BCUT2D eigenvalue weighted by Gasteiger charge is 2.23. The van der Waals surface area contributed by atoms with Crippen LogP contribution in [0, 0.1) is 6.92 Å². The number of amides is 1. The normalized spacial score (nSPS) is 16.6. The van der Waals surface area contributed by atoms with Gasteiger partial charge >= 0.3 is 0 Å². The number of carbonyl (C=O) groups is 1. The molecule has 2 aromatic carbocycles. The van der Waals surface area contributed by atoms with Crippen LogP contribution in [-0.4, -0.2) is 17.1 Å². The van der Waals surface area contributed by atoms with Crippen LogP contribution in [0.5, 0.6) is 17.2 Å². The molecule has 0 spiro atoms. The van der Waals surface area contributed by atoms with E-state index in [9.17, 15) is 9.90 Å². The van der Waals surface area contributed by atoms with Gasteiger partial charge in [0, 0.05) is 17.3 Å². The summed E-state index contributed by atoms with van der Waals surface area (Å²) in [5.41, 5.74) is 10.6. The molecule has 0 unspecified atom stereocenters. The van der Waals surface area contributed by atoms with Crippen molar-refractivity contribution >= 4 is 11.6 Å². The lowest BCUT2D eigenvalue weighted by molar-refractivity contribution is 0.0924. The molecular formula is C23H28N2O3. The lowest BCUT2D eigenvalue weighted by Gasteiger charge is -2.23. The van der Waals surface area contributed by atoms with Gasteiger partial charge in [-0.1, -0.05) is 19.3 Å². The van der Waals surface area contributed by atoms with Crippen molar-refractivity contribution in [1.29, 1.82) is 0 Å². The fraction of sp³-hybridized carbons (Fsp3) is 0.435. The number of carbonyl (C=O) groups excluding carboxylic acids is 1. The first-order valence-corrected chi connectivity index (χ1v) is 10.3. The maximum absolute atomic E-state index is 12.7. The Hall–Kier alpha value is -2.69. The number of ether oxygens (including phenoxy) is 1. The topological polar surface area (TPSA) is 84.6 Å². The maximum atomic E-state index is 12.7. The molecule has 28 heavy (non-hydrogen) atoms. The lowest BCUT2D eigenvalue weighted by atomic mass is 9.95. The van der Waals surface area contributed by atoms with Gasteiger partial charge in [-0.05, 0) is 74.4 Å². The smallest absolute Gasteiger partial charge is 0.255 e. The van der Waals surface area contributed by atoms with Gasteiger partial charge in [0.1, 0.15) is 17.2 Å². The standard InChI is InChI=1S/C23H28N2O3/c1-14-12-20(24)17-8-5-9-18(17)22(14)28-16-10-11-21(26)19(13-16)23(27)25-15-6-3-2-4-7-15/h10-13,15,26H,2-9,24H2,1H3,(H,25,27). The highest BCUT2D eigenvalue weighted by Crippen LogP contribution is 2.40. The first-order valence-electron chi connectivity index (χ1n) is 10.3. The molecule has 2 aromatic rings. The number of anilines is 1. The van der Waals surface area contributed by atoms with Crippen LogP contribution in [0.1, 0.15) is 65.6 Å². The summed E-state index contributed by atoms with van der Waals surface area (Å²) < 4.78 is 6.20. The number of aromatic hydroxyl groups is 1. The second-order valence-corrected chi connectivity index (χ2v) is 8.01. The molecular weight excluding hydrogens is 352 g/mol. The summed E-state index contributed by atoms with van der Waals surface area (Å²) in [5.74, 6) is 1.11. The molecule has 5 heteroatoms. The van der Waals surface area contributed by atoms with Crippen molar-refractivity contribution < 1.29 is 14.6 Å². The van der Waals surface area contributed by atoms with Crippen molar-refractivity contribution in [3.8, 4) is 17.2 Å². The predicted molar refractivity (Wildman–Crippen MR) is 110 cm³/mol. The largest absolute Gasteiger partial charge is 0.507 e. The van der Waals surface area contributed by atoms with E-state index in [1.807, 2.05) is 13.0 Å². The molecule has 0 saturated heterocycles. The highest BCUT2D eigenvalue weighted by molar-refractivity contribution is 5.97. The van der Waals surface area contributed by atoms with Crippen LogP contribution >= 0.6 is 0 Å². The van der Waals surface area contributed by atoms with E-state index in [1.54, 1.807) is 12.1 Å². The number of rotatable bonds is 4. The van der Waals surface area contributed by atoms with Crippen LogP contribution in [0.2, 0.25) is 0 Å². The van der Waals surface area contributed by atoms with Crippen LogP contribution in [-0.2, 0) is 12.8 Å². The Bertz CT molecular complexity index is 901. The van der Waals surface area contributed by atoms with Crippen molar-refractivity contribution in [2.75, 3.05) is 5.73 Å². The molecule has 0 heterocycles. The Kier molecular flexibility index (Phi) is 5.16. The Labute approximate surface area is 165 Å². The summed E-state index contributed by atoms with van der Waals surface area (Å²) in [5, 5.41) is 13.3. The number of aryl methyl sites for hydroxylation is 1. The van der Waals surface area contributed by atoms with E-state index in [4.69, 9.17) is 10.5 Å². The van der Waals surface area contributed by atoms with Crippen LogP contribution in [0.4, 0.5) is 5.69 Å². The van der Waals surface area contributed by atoms with Crippen molar-refractivity contribution in [2.24, 2.45) is 0 Å². The molecule has 4 N–H and O–H groups in total. The second kappa shape index (κ2) is 7.74. The van der Waals surface area contributed by atoms with E-state index < -0.39 is 0 Å². The number of benzene rings is 2. The van der Waals surface area contributed by atoms with Gasteiger partial charge in [-0.15, -0.1) is 0 Å². The molecule has 1 saturated carbocycles. The summed E-state index contributed by atoms with van der Waals surface area (Å²) >= 11 is 0. The summed E-state index contributed by atoms with van der Waals surface area (Å²) in [6.07, 6.45) is 8.50. The summed E-state index contributed by atoms with van der Waals surface area (Å²) in [4.78, 5) is 12.7. The SMILES string of the molecule is Cc1cc(N)c2c(c1Oc1ccc(O)c(C(=O)NC3CCCCC3)c1)CCC2. The van der Waals surface area contributed by atoms with E-state index in [-0.39, 0.29) is 23.3 Å². The lowest BCUT2D eigenvalue weighted by Crippen LogP contribution is -2.36. The zero-order valence-corrected chi connectivity index (χ0v) is 16.4. The van der Waals surface area contributed by atoms with Crippen molar-refractivity contribution in [3.63, 3.8) is 0 Å². The van der Waals surface area contributed by atoms with Crippen LogP contribution in [0.25, 0.3) is 0 Å². The van der Waals surface area contributed by atoms with Crippen LogP contribution < -0.4 is 15.8 Å². The summed E-state index contributed by atoms with van der Waals surface area (Å²) in [6.45, 7) is 1.99. The van der Waals surface area contributed by atoms with Gasteiger partial charge in [-0.3, -0.25) is 4.79 Å². The molecule has 0 aliphatic heterocycles. The first-order chi connectivity index (χ1) is 13.5. The summed E-state index contributed by atoms with van der Waals surface area (Å²) in [6, 6.07) is 7.00. The molecule has 0 atom stereocenters. The molecule has 1 amide bonds. The maximum Gasteiger partial charge on any atom is 0.255 e. The van der Waals surface area contributed by atoms with Crippen molar-refractivity contribution in [2.45, 2.75) is 64.3 Å². The predicted octanol–water partition coefficient (Wildman–Crippen LogP) is 4.63. The van der Waals surface area contributed by atoms with Crippen LogP contribution in [0.3, 0.4) is 0 Å². The van der Waals surface area contributed by atoms with Gasteiger partial charge in [0.15, 0.2) is 0 Å². The molecule has 5 nitrogen and oxygen atoms in total. The molecule has 0 aromatic heterocycles. The third kappa shape index (κ3) is 3.66. The monoisotopic (exact) mass is 380 g/mol. The Morgan fingerprint density at radius 1 is 1.11 bits per heavy atom. The zero-order valence-electron chi connectivity index (χ0n) is 16.4. The van der Waals surface area contributed by atoms with E-state index in [0.29, 0.717) is 5.75 Å². The van der Waals surface area contributed by atoms with E-state index in [0.717, 1.165) is 61.9 Å². The minimum absolute atomic E-state index is 0.0279. The average molecular weight is 380 g/mol. The van der Waals surface area contributed by atoms with Gasteiger partial charge in [-0.2, -0.15) is 0 Å². The second-order valence-electron chi connectivity index (χ2n) is 8.01. The average Bonchev–Trinajstić information content (AvgIpc) is 3.17. The fourth-order valence-electron chi connectivity index (χ4n) is 4.47. The number of hydrogen-bond acceptors (Lipinski definition) is 4. The minimum Gasteiger partial charge on any atom is -0.507 e. The Morgan fingerprint density at radius 2 is 1.86 bits per heavy atom. The molecule has 4 rings (SSSR count). The Morgan fingerprint density at radius 3 is 2.64 bits per heavy atom. The van der Waals surface area contributed by atoms with Gasteiger partial charge in [-0.25, -0.2) is 0 Å². The van der Waals surface area contributed by atoms with E-state index in [1.165, 1.54) is 23.6 Å². The third-order valence-electron chi connectivity index (χ3n) is 5.94. The Balaban J connectivity index is 1.58. The number of phenolic OH excluding ortho intramolecular Hbond substituents is 1. The minimum atomic E-state index is -0.242. The van der Waals surface area contributed by atoms with E-state index in [2.05, 4.69) is 5.32 Å². The van der Waals surface area contributed by atoms with E-state index >= 15 is 0 Å². The number of hydrogen-bond donors (Lipinski definition) is 3. The molecule has 2 aliphatic rings. The van der Waals surface area contributed by atoms with Crippen molar-refractivity contribution in [3.05, 3.63) is 46.5 Å². The number of nitrogen functional groups attached to an aromatic ring is 1. The quantitative estimate of drug-likeness (QED) is 0.675.